The number of hydrogen-bond acceptors (Lipinski definition) is 6. The van der Waals surface area contributed by atoms with Crippen LogP contribution in [-0.2, 0) is 19.1 Å². The second-order valence-electron chi connectivity index (χ2n) is 11.2. The summed E-state index contributed by atoms with van der Waals surface area (Å²) in [5.41, 5.74) is 5.65. The predicted octanol–water partition coefficient (Wildman–Crippen LogP) is 4.47. The fourth-order valence-electron chi connectivity index (χ4n) is 4.14. The molecule has 2 aromatic rings. The first kappa shape index (κ1) is 32.1. The van der Waals surface area contributed by atoms with Gasteiger partial charge in [0.1, 0.15) is 23.4 Å². The van der Waals surface area contributed by atoms with Crippen molar-refractivity contribution in [1.82, 2.24) is 10.2 Å². The first-order valence-corrected chi connectivity index (χ1v) is 13.2. The molecule has 2 rings (SSSR count). The van der Waals surface area contributed by atoms with E-state index in [1.807, 2.05) is 39.8 Å². The zero-order chi connectivity index (χ0) is 30.3. The maximum absolute atomic E-state index is 14.3. The highest BCUT2D eigenvalue weighted by Crippen LogP contribution is 2.34. The van der Waals surface area contributed by atoms with Gasteiger partial charge in [-0.05, 0) is 83.4 Å². The highest BCUT2D eigenvalue weighted by Gasteiger charge is 2.44. The lowest BCUT2D eigenvalue weighted by Gasteiger charge is -2.44. The maximum atomic E-state index is 14.3. The van der Waals surface area contributed by atoms with Crippen molar-refractivity contribution in [2.45, 2.75) is 84.5 Å². The number of hydrogen-bond donors (Lipinski definition) is 3. The molecule has 0 spiro atoms. The van der Waals surface area contributed by atoms with Crippen LogP contribution in [0.1, 0.15) is 71.6 Å². The number of nitrogens with one attached hydrogen (secondary N) is 2. The van der Waals surface area contributed by atoms with Crippen molar-refractivity contribution in [3.63, 3.8) is 0 Å². The van der Waals surface area contributed by atoms with Gasteiger partial charge in [0.15, 0.2) is 0 Å². The van der Waals surface area contributed by atoms with Crippen molar-refractivity contribution in [2.75, 3.05) is 12.4 Å². The van der Waals surface area contributed by atoms with Crippen LogP contribution in [0.25, 0.3) is 0 Å². The Morgan fingerprint density at radius 3 is 2.08 bits per heavy atom. The Kier molecular flexibility index (Phi) is 10.7. The van der Waals surface area contributed by atoms with Crippen molar-refractivity contribution in [2.24, 2.45) is 5.73 Å². The quantitative estimate of drug-likeness (QED) is 0.374. The molecule has 10 heteroatoms. The number of rotatable bonds is 11. The van der Waals surface area contributed by atoms with Gasteiger partial charge in [-0.15, -0.1) is 0 Å². The number of amides is 4. The summed E-state index contributed by atoms with van der Waals surface area (Å²) in [5, 5.41) is 5.41. The van der Waals surface area contributed by atoms with Crippen LogP contribution in [-0.4, -0.2) is 53.0 Å². The molecular formula is C30H42N4O6. The topological polar surface area (TPSA) is 140 Å². The van der Waals surface area contributed by atoms with E-state index in [1.54, 1.807) is 64.3 Å². The van der Waals surface area contributed by atoms with Gasteiger partial charge >= 0.3 is 6.09 Å². The van der Waals surface area contributed by atoms with E-state index < -0.39 is 53.5 Å². The number of benzene rings is 2. The second kappa shape index (κ2) is 13.3. The van der Waals surface area contributed by atoms with E-state index in [1.165, 1.54) is 4.90 Å². The Morgan fingerprint density at radius 2 is 1.57 bits per heavy atom. The lowest BCUT2D eigenvalue weighted by Crippen LogP contribution is -2.59. The number of ether oxygens (including phenoxy) is 2. The molecule has 4 amide bonds. The minimum Gasteiger partial charge on any atom is -0.497 e. The number of aryl methyl sites for hydroxylation is 1. The number of carbonyl (C=O) groups excluding carboxylic acids is 4. The van der Waals surface area contributed by atoms with Crippen molar-refractivity contribution in [3.8, 4) is 5.75 Å². The van der Waals surface area contributed by atoms with Gasteiger partial charge in [-0.1, -0.05) is 31.2 Å². The van der Waals surface area contributed by atoms with Gasteiger partial charge in [0.05, 0.1) is 13.5 Å². The number of anilines is 1. The standard InChI is InChI=1S/C30H42N4O6/c1-9-30(6,7)34(27(37)23(18-24(31)35)33-28(38)40-29(3,4)5)25(22-13-11-10-12-19(22)2)26(36)32-20-14-16-21(39-8)17-15-20/h10-17,23,25H,9,18H2,1-8H3,(H2,31,35)(H,32,36)(H,33,38). The molecule has 40 heavy (non-hydrogen) atoms. The van der Waals surface area contributed by atoms with Crippen LogP contribution >= 0.6 is 0 Å². The smallest absolute Gasteiger partial charge is 0.408 e. The summed E-state index contributed by atoms with van der Waals surface area (Å²) in [5.74, 6) is -1.28. The van der Waals surface area contributed by atoms with Gasteiger partial charge in [-0.25, -0.2) is 4.79 Å². The molecule has 0 heterocycles. The van der Waals surface area contributed by atoms with Crippen LogP contribution < -0.4 is 21.1 Å². The first-order valence-electron chi connectivity index (χ1n) is 13.2. The van der Waals surface area contributed by atoms with Crippen LogP contribution in [0, 0.1) is 6.92 Å². The number of nitrogens with two attached hydrogens (primary N) is 1. The monoisotopic (exact) mass is 554 g/mol. The van der Waals surface area contributed by atoms with E-state index >= 15 is 0 Å². The predicted molar refractivity (Wildman–Crippen MR) is 154 cm³/mol. The fourth-order valence-corrected chi connectivity index (χ4v) is 4.14. The third kappa shape index (κ3) is 8.72. The summed E-state index contributed by atoms with van der Waals surface area (Å²) in [7, 11) is 1.55. The van der Waals surface area contributed by atoms with E-state index in [0.29, 0.717) is 23.4 Å². The maximum Gasteiger partial charge on any atom is 0.408 e. The highest BCUT2D eigenvalue weighted by atomic mass is 16.6. The number of primary amides is 1. The molecule has 0 aliphatic rings. The van der Waals surface area contributed by atoms with E-state index in [2.05, 4.69) is 10.6 Å². The van der Waals surface area contributed by atoms with E-state index in [9.17, 15) is 19.2 Å². The first-order chi connectivity index (χ1) is 18.6. The Balaban J connectivity index is 2.64. The van der Waals surface area contributed by atoms with Gasteiger partial charge in [-0.3, -0.25) is 14.4 Å². The number of methoxy groups -OCH3 is 1. The Labute approximate surface area is 236 Å². The molecule has 4 N–H and O–H groups in total. The molecule has 0 bridgehead atoms. The van der Waals surface area contributed by atoms with Crippen LogP contribution in [0.3, 0.4) is 0 Å². The van der Waals surface area contributed by atoms with E-state index in [-0.39, 0.29) is 0 Å². The molecule has 0 aliphatic heterocycles. The average Bonchev–Trinajstić information content (AvgIpc) is 2.86. The average molecular weight is 555 g/mol. The minimum absolute atomic E-state index is 0.465. The summed E-state index contributed by atoms with van der Waals surface area (Å²) >= 11 is 0. The van der Waals surface area contributed by atoms with Crippen LogP contribution in [0.2, 0.25) is 0 Å². The lowest BCUT2D eigenvalue weighted by molar-refractivity contribution is -0.148. The van der Waals surface area contributed by atoms with Gasteiger partial charge in [0.2, 0.25) is 11.8 Å². The third-order valence-corrected chi connectivity index (χ3v) is 6.50. The van der Waals surface area contributed by atoms with Gasteiger partial charge in [0.25, 0.3) is 5.91 Å². The molecule has 218 valence electrons. The summed E-state index contributed by atoms with van der Waals surface area (Å²) < 4.78 is 10.5. The van der Waals surface area contributed by atoms with E-state index in [0.717, 1.165) is 5.56 Å². The summed E-state index contributed by atoms with van der Waals surface area (Å²) in [6.07, 6.45) is -0.891. The Hall–Kier alpha value is -4.08. The van der Waals surface area contributed by atoms with Gasteiger partial charge < -0.3 is 30.7 Å². The van der Waals surface area contributed by atoms with Crippen molar-refractivity contribution in [1.29, 1.82) is 0 Å². The zero-order valence-corrected chi connectivity index (χ0v) is 24.7. The fraction of sp³-hybridized carbons (Fsp3) is 0.467. The molecule has 0 fully saturated rings. The third-order valence-electron chi connectivity index (χ3n) is 6.50. The van der Waals surface area contributed by atoms with Crippen LogP contribution in [0.15, 0.2) is 48.5 Å². The number of nitrogens with zero attached hydrogens (tertiary/aromatic N) is 1. The van der Waals surface area contributed by atoms with E-state index in [4.69, 9.17) is 15.2 Å². The molecule has 0 aliphatic carbocycles. The van der Waals surface area contributed by atoms with Crippen LogP contribution in [0.4, 0.5) is 10.5 Å². The van der Waals surface area contributed by atoms with Crippen molar-refractivity contribution < 1.29 is 28.7 Å². The molecule has 10 nitrogen and oxygen atoms in total. The molecule has 0 radical (unpaired) electrons. The van der Waals surface area contributed by atoms with Gasteiger partial charge in [0, 0.05) is 11.2 Å². The normalized spacial score (nSPS) is 13.0. The summed E-state index contributed by atoms with van der Waals surface area (Å²) in [6.45, 7) is 12.4. The largest absolute Gasteiger partial charge is 0.497 e. The minimum atomic E-state index is -1.36. The highest BCUT2D eigenvalue weighted by molar-refractivity contribution is 6.00. The molecule has 2 unspecified atom stereocenters. The number of carbonyl (C=O) groups is 4. The molecule has 0 aromatic heterocycles. The SMILES string of the molecule is CCC(C)(C)N(C(=O)C(CC(N)=O)NC(=O)OC(C)(C)C)C(C(=O)Nc1ccc(OC)cc1)c1ccccc1C. The zero-order valence-electron chi connectivity index (χ0n) is 24.7. The molecule has 0 saturated carbocycles. The molecule has 2 aromatic carbocycles. The summed E-state index contributed by atoms with van der Waals surface area (Å²) in [4.78, 5) is 54.5. The summed E-state index contributed by atoms with van der Waals surface area (Å²) in [6, 6.07) is 11.6. The lowest BCUT2D eigenvalue weighted by atomic mass is 9.90. The molecule has 0 saturated heterocycles. The Morgan fingerprint density at radius 1 is 0.975 bits per heavy atom. The van der Waals surface area contributed by atoms with Crippen molar-refractivity contribution >= 4 is 29.5 Å². The van der Waals surface area contributed by atoms with Crippen LogP contribution in [0.5, 0.6) is 5.75 Å². The van der Waals surface area contributed by atoms with Crippen molar-refractivity contribution in [3.05, 3.63) is 59.7 Å². The second-order valence-corrected chi connectivity index (χ2v) is 11.2. The molecular weight excluding hydrogens is 512 g/mol. The van der Waals surface area contributed by atoms with Gasteiger partial charge in [-0.2, -0.15) is 0 Å². The Bertz CT molecular complexity index is 1200. The number of alkyl carbamates (subject to hydrolysis) is 1. The molecule has 2 atom stereocenters.